The van der Waals surface area contributed by atoms with Crippen LogP contribution in [0.15, 0.2) is 22.8 Å². The van der Waals surface area contributed by atoms with Gasteiger partial charge in [-0.3, -0.25) is 4.98 Å². The van der Waals surface area contributed by atoms with Gasteiger partial charge in [0.25, 0.3) is 0 Å². The normalized spacial score (nSPS) is 19.2. The van der Waals surface area contributed by atoms with Crippen molar-refractivity contribution in [1.82, 2.24) is 4.98 Å². The number of rotatable bonds is 2. The molecule has 1 saturated carbocycles. The lowest BCUT2D eigenvalue weighted by molar-refractivity contribution is 0.674. The van der Waals surface area contributed by atoms with Crippen molar-refractivity contribution in [3.05, 3.63) is 28.5 Å². The third-order valence-corrected chi connectivity index (χ3v) is 3.15. The molecule has 1 fully saturated rings. The quantitative estimate of drug-likeness (QED) is 0.837. The van der Waals surface area contributed by atoms with Crippen LogP contribution in [-0.2, 0) is 5.41 Å². The average molecular weight is 227 g/mol. The summed E-state index contributed by atoms with van der Waals surface area (Å²) in [6.07, 6.45) is 4.19. The molecule has 0 aliphatic heterocycles. The van der Waals surface area contributed by atoms with Gasteiger partial charge in [-0.1, -0.05) is 0 Å². The molecule has 2 rings (SSSR count). The number of halogens is 1. The average Bonchev–Trinajstić information content (AvgIpc) is 2.86. The fraction of sp³-hybridized carbons (Fsp3) is 0.444. The topological polar surface area (TPSA) is 38.9 Å². The van der Waals surface area contributed by atoms with Crippen molar-refractivity contribution in [2.75, 3.05) is 6.54 Å². The van der Waals surface area contributed by atoms with Crippen LogP contribution >= 0.6 is 15.9 Å². The van der Waals surface area contributed by atoms with Crippen LogP contribution < -0.4 is 5.73 Å². The Labute approximate surface area is 80.3 Å². The molecule has 1 heterocycles. The predicted molar refractivity (Wildman–Crippen MR) is 51.9 cm³/mol. The monoisotopic (exact) mass is 226 g/mol. The summed E-state index contributed by atoms with van der Waals surface area (Å²) in [7, 11) is 0. The molecular weight excluding hydrogens is 216 g/mol. The van der Waals surface area contributed by atoms with Crippen molar-refractivity contribution in [1.29, 1.82) is 0 Å². The molecule has 1 aliphatic rings. The van der Waals surface area contributed by atoms with E-state index in [1.54, 1.807) is 0 Å². The van der Waals surface area contributed by atoms with E-state index < -0.39 is 0 Å². The lowest BCUT2D eigenvalue weighted by Crippen LogP contribution is -2.21. The van der Waals surface area contributed by atoms with Crippen LogP contribution in [0.2, 0.25) is 0 Å². The summed E-state index contributed by atoms with van der Waals surface area (Å²) in [5.74, 6) is 0. The number of hydrogen-bond donors (Lipinski definition) is 1. The van der Waals surface area contributed by atoms with Gasteiger partial charge in [0.15, 0.2) is 0 Å². The zero-order valence-corrected chi connectivity index (χ0v) is 8.34. The molecule has 2 nitrogen and oxygen atoms in total. The van der Waals surface area contributed by atoms with E-state index in [2.05, 4.69) is 20.9 Å². The minimum Gasteiger partial charge on any atom is -0.330 e. The Bertz CT molecular complexity index is 294. The van der Waals surface area contributed by atoms with E-state index in [-0.39, 0.29) is 5.41 Å². The second-order valence-electron chi connectivity index (χ2n) is 3.32. The maximum Gasteiger partial charge on any atom is 0.0619 e. The van der Waals surface area contributed by atoms with E-state index in [4.69, 9.17) is 5.73 Å². The molecule has 0 aromatic carbocycles. The fourth-order valence-electron chi connectivity index (χ4n) is 1.46. The van der Waals surface area contributed by atoms with Gasteiger partial charge in [0.1, 0.15) is 0 Å². The van der Waals surface area contributed by atoms with Gasteiger partial charge in [0.2, 0.25) is 0 Å². The molecular formula is C9H11BrN2. The van der Waals surface area contributed by atoms with Gasteiger partial charge in [-0.05, 0) is 40.9 Å². The molecule has 0 spiro atoms. The molecule has 0 bridgehead atoms. The molecule has 0 radical (unpaired) electrons. The molecule has 1 aromatic rings. The van der Waals surface area contributed by atoms with E-state index in [0.717, 1.165) is 10.2 Å². The standard InChI is InChI=1S/C9H11BrN2/c10-7-2-1-5-12-8(7)9(6-11)3-4-9/h1-2,5H,3-4,6,11H2. The van der Waals surface area contributed by atoms with E-state index in [1.807, 2.05) is 18.3 Å². The van der Waals surface area contributed by atoms with E-state index in [9.17, 15) is 0 Å². The second kappa shape index (κ2) is 2.82. The minimum absolute atomic E-state index is 0.195. The fourth-order valence-corrected chi connectivity index (χ4v) is 2.14. The van der Waals surface area contributed by atoms with Crippen LogP contribution in [0, 0.1) is 0 Å². The van der Waals surface area contributed by atoms with Gasteiger partial charge >= 0.3 is 0 Å². The maximum absolute atomic E-state index is 5.71. The number of hydrogen-bond acceptors (Lipinski definition) is 2. The number of nitrogens with two attached hydrogens (primary N) is 1. The van der Waals surface area contributed by atoms with Gasteiger partial charge in [-0.25, -0.2) is 0 Å². The summed E-state index contributed by atoms with van der Waals surface area (Å²) in [4.78, 5) is 4.36. The van der Waals surface area contributed by atoms with Crippen LogP contribution in [0.3, 0.4) is 0 Å². The third-order valence-electron chi connectivity index (χ3n) is 2.51. The second-order valence-corrected chi connectivity index (χ2v) is 4.17. The molecule has 1 aromatic heterocycles. The van der Waals surface area contributed by atoms with Gasteiger partial charge in [0, 0.05) is 22.6 Å². The molecule has 0 amide bonds. The van der Waals surface area contributed by atoms with E-state index in [0.29, 0.717) is 6.54 Å². The lowest BCUT2D eigenvalue weighted by Gasteiger charge is -2.12. The van der Waals surface area contributed by atoms with Gasteiger partial charge in [0.05, 0.1) is 5.69 Å². The summed E-state index contributed by atoms with van der Waals surface area (Å²) >= 11 is 3.49. The van der Waals surface area contributed by atoms with Crippen molar-refractivity contribution in [3.63, 3.8) is 0 Å². The molecule has 1 aliphatic carbocycles. The summed E-state index contributed by atoms with van der Waals surface area (Å²) in [6, 6.07) is 3.96. The van der Waals surface area contributed by atoms with Crippen molar-refractivity contribution < 1.29 is 0 Å². The molecule has 0 atom stereocenters. The molecule has 3 heteroatoms. The van der Waals surface area contributed by atoms with Gasteiger partial charge in [-0.15, -0.1) is 0 Å². The van der Waals surface area contributed by atoms with E-state index >= 15 is 0 Å². The SMILES string of the molecule is NCC1(c2ncccc2Br)CC1. The first-order valence-corrected chi connectivity index (χ1v) is 4.89. The summed E-state index contributed by atoms with van der Waals surface area (Å²) in [5.41, 5.74) is 7.04. The van der Waals surface area contributed by atoms with Crippen LogP contribution in [0.4, 0.5) is 0 Å². The lowest BCUT2D eigenvalue weighted by atomic mass is 10.0. The Morgan fingerprint density at radius 2 is 2.33 bits per heavy atom. The van der Waals surface area contributed by atoms with Crippen molar-refractivity contribution in [2.45, 2.75) is 18.3 Å². The largest absolute Gasteiger partial charge is 0.330 e. The van der Waals surface area contributed by atoms with Crippen LogP contribution in [0.1, 0.15) is 18.5 Å². The Hall–Kier alpha value is -0.410. The number of aromatic nitrogens is 1. The maximum atomic E-state index is 5.71. The molecule has 0 saturated heterocycles. The highest BCUT2D eigenvalue weighted by Crippen LogP contribution is 2.48. The highest BCUT2D eigenvalue weighted by molar-refractivity contribution is 9.10. The first kappa shape index (κ1) is 8.20. The molecule has 2 N–H and O–H groups in total. The van der Waals surface area contributed by atoms with Crippen molar-refractivity contribution >= 4 is 15.9 Å². The first-order valence-electron chi connectivity index (χ1n) is 4.10. The first-order chi connectivity index (χ1) is 5.78. The van der Waals surface area contributed by atoms with Crippen LogP contribution in [-0.4, -0.2) is 11.5 Å². The smallest absolute Gasteiger partial charge is 0.0619 e. The molecule has 12 heavy (non-hydrogen) atoms. The summed E-state index contributed by atoms with van der Waals surface area (Å²) < 4.78 is 1.09. The van der Waals surface area contributed by atoms with Crippen molar-refractivity contribution in [3.8, 4) is 0 Å². The third kappa shape index (κ3) is 1.17. The minimum atomic E-state index is 0.195. The van der Waals surface area contributed by atoms with Crippen LogP contribution in [0.5, 0.6) is 0 Å². The van der Waals surface area contributed by atoms with Gasteiger partial charge < -0.3 is 5.73 Å². The molecule has 0 unspecified atom stereocenters. The summed E-state index contributed by atoms with van der Waals surface area (Å²) in [6.45, 7) is 0.711. The van der Waals surface area contributed by atoms with E-state index in [1.165, 1.54) is 12.8 Å². The highest BCUT2D eigenvalue weighted by atomic mass is 79.9. The Morgan fingerprint density at radius 3 is 2.83 bits per heavy atom. The van der Waals surface area contributed by atoms with Crippen LogP contribution in [0.25, 0.3) is 0 Å². The predicted octanol–water partition coefficient (Wildman–Crippen LogP) is 1.83. The highest BCUT2D eigenvalue weighted by Gasteiger charge is 2.45. The number of nitrogens with zero attached hydrogens (tertiary/aromatic N) is 1. The Kier molecular flexibility index (Phi) is 1.93. The summed E-state index contributed by atoms with van der Waals surface area (Å²) in [5, 5.41) is 0. The zero-order chi connectivity index (χ0) is 8.60. The number of pyridine rings is 1. The molecule has 64 valence electrons. The zero-order valence-electron chi connectivity index (χ0n) is 6.76. The van der Waals surface area contributed by atoms with Crippen molar-refractivity contribution in [2.24, 2.45) is 5.73 Å². The Balaban J connectivity index is 2.40. The van der Waals surface area contributed by atoms with Gasteiger partial charge in [-0.2, -0.15) is 0 Å². The Morgan fingerprint density at radius 1 is 1.58 bits per heavy atom.